The van der Waals surface area contributed by atoms with E-state index in [-0.39, 0.29) is 23.3 Å². The Morgan fingerprint density at radius 2 is 2.08 bits per heavy atom. The third kappa shape index (κ3) is 1.76. The third-order valence-corrected chi connectivity index (χ3v) is 7.58. The molecule has 1 saturated carbocycles. The summed E-state index contributed by atoms with van der Waals surface area (Å²) in [5.74, 6) is -1.12. The number of aliphatic carboxylic acids is 1. The van der Waals surface area contributed by atoms with Gasteiger partial charge in [0.05, 0.1) is 5.52 Å². The van der Waals surface area contributed by atoms with E-state index in [1.807, 2.05) is 19.1 Å². The van der Waals surface area contributed by atoms with E-state index in [1.165, 1.54) is 10.4 Å². The van der Waals surface area contributed by atoms with E-state index in [9.17, 15) is 18.3 Å². The van der Waals surface area contributed by atoms with Gasteiger partial charge in [-0.1, -0.05) is 25.1 Å². The number of pyridine rings is 1. The minimum atomic E-state index is -3.94. The molecule has 24 heavy (non-hydrogen) atoms. The number of carboxylic acids is 1. The van der Waals surface area contributed by atoms with Gasteiger partial charge in [0.25, 0.3) is 0 Å². The summed E-state index contributed by atoms with van der Waals surface area (Å²) in [5.41, 5.74) is -0.192. The molecule has 0 unspecified atom stereocenters. The van der Waals surface area contributed by atoms with E-state index in [4.69, 9.17) is 0 Å². The van der Waals surface area contributed by atoms with Gasteiger partial charge >= 0.3 is 5.97 Å². The third-order valence-electron chi connectivity index (χ3n) is 5.64. The SMILES string of the molecule is Cc1ccc2cccc(S(=O)(=O)N3C[C@@H]4C[C@@]3(C(=O)O)[C@@H]4C)c2n1. The first-order chi connectivity index (χ1) is 11.3. The number of rotatable bonds is 3. The molecule has 3 atom stereocenters. The first-order valence-electron chi connectivity index (χ1n) is 7.91. The average Bonchev–Trinajstić information content (AvgIpc) is 3.09. The summed E-state index contributed by atoms with van der Waals surface area (Å²) in [6.07, 6.45) is 0.389. The van der Waals surface area contributed by atoms with Gasteiger partial charge in [0.1, 0.15) is 10.4 Å². The lowest BCUT2D eigenvalue weighted by atomic mass is 9.64. The van der Waals surface area contributed by atoms with Crippen LogP contribution in [0.1, 0.15) is 19.0 Å². The summed E-state index contributed by atoms with van der Waals surface area (Å²) in [5, 5.41) is 10.4. The van der Waals surface area contributed by atoms with Crippen LogP contribution in [0.2, 0.25) is 0 Å². The highest BCUT2D eigenvalue weighted by Crippen LogP contribution is 2.57. The van der Waals surface area contributed by atoms with E-state index in [0.717, 1.165) is 11.1 Å². The number of sulfonamides is 1. The fraction of sp³-hybridized carbons (Fsp3) is 0.412. The maximum absolute atomic E-state index is 13.3. The standard InChI is InChI=1S/C17H18N2O4S/c1-10-6-7-12-4-3-5-14(15(12)18-10)24(22,23)19-9-13-8-17(19,11(13)2)16(20)21/h3-7,11,13H,8-9H2,1-2H3,(H,20,21)/t11-,13+,17+/m1/s1. The topological polar surface area (TPSA) is 87.6 Å². The van der Waals surface area contributed by atoms with Gasteiger partial charge in [-0.3, -0.25) is 9.78 Å². The van der Waals surface area contributed by atoms with Crippen LogP contribution in [0.4, 0.5) is 0 Å². The molecule has 5 rings (SSSR count). The van der Waals surface area contributed by atoms with Crippen molar-refractivity contribution in [1.29, 1.82) is 0 Å². The maximum Gasteiger partial charge on any atom is 0.325 e. The van der Waals surface area contributed by atoms with Gasteiger partial charge in [0.2, 0.25) is 10.0 Å². The zero-order valence-corrected chi connectivity index (χ0v) is 14.2. The van der Waals surface area contributed by atoms with Crippen LogP contribution in [0.3, 0.4) is 0 Å². The fourth-order valence-electron chi connectivity index (χ4n) is 4.16. The summed E-state index contributed by atoms with van der Waals surface area (Å²) in [7, 11) is -3.94. The Morgan fingerprint density at radius 3 is 2.75 bits per heavy atom. The van der Waals surface area contributed by atoms with Gasteiger partial charge in [0.15, 0.2) is 0 Å². The summed E-state index contributed by atoms with van der Waals surface area (Å²) >= 11 is 0. The summed E-state index contributed by atoms with van der Waals surface area (Å²) in [6.45, 7) is 3.89. The van der Waals surface area contributed by atoms with Crippen molar-refractivity contribution in [3.8, 4) is 0 Å². The number of hydrogen-bond donors (Lipinski definition) is 1. The molecule has 1 aromatic heterocycles. The Bertz CT molecular complexity index is 972. The lowest BCUT2D eigenvalue weighted by molar-refractivity contribution is -0.154. The normalized spacial score (nSPS) is 29.6. The van der Waals surface area contributed by atoms with Gasteiger partial charge < -0.3 is 5.11 Å². The Morgan fingerprint density at radius 1 is 1.33 bits per heavy atom. The fourth-order valence-corrected chi connectivity index (χ4v) is 6.20. The van der Waals surface area contributed by atoms with Crippen LogP contribution in [-0.2, 0) is 14.8 Å². The van der Waals surface area contributed by atoms with Crippen LogP contribution in [0.5, 0.6) is 0 Å². The Hall–Kier alpha value is -1.99. The second-order valence-electron chi connectivity index (χ2n) is 6.80. The predicted octanol–water partition coefficient (Wildman–Crippen LogP) is 2.03. The van der Waals surface area contributed by atoms with Gasteiger partial charge in [-0.15, -0.1) is 0 Å². The number of carboxylic acid groups (broad SMARTS) is 1. The number of fused-ring (bicyclic) bond motifs is 2. The molecule has 1 aromatic carbocycles. The van der Waals surface area contributed by atoms with Crippen molar-refractivity contribution in [3.05, 3.63) is 36.0 Å². The minimum Gasteiger partial charge on any atom is -0.480 e. The van der Waals surface area contributed by atoms with Gasteiger partial charge in [-0.05, 0) is 37.3 Å². The average molecular weight is 346 g/mol. The zero-order valence-electron chi connectivity index (χ0n) is 13.4. The summed E-state index contributed by atoms with van der Waals surface area (Å²) in [6, 6.07) is 8.65. The van der Waals surface area contributed by atoms with E-state index in [1.54, 1.807) is 19.1 Å². The first-order valence-corrected chi connectivity index (χ1v) is 9.35. The van der Waals surface area contributed by atoms with E-state index >= 15 is 0 Å². The molecule has 1 aliphatic carbocycles. The van der Waals surface area contributed by atoms with Crippen molar-refractivity contribution >= 4 is 26.9 Å². The molecule has 0 spiro atoms. The van der Waals surface area contributed by atoms with E-state index in [0.29, 0.717) is 11.9 Å². The Labute approximate surface area is 140 Å². The molecular weight excluding hydrogens is 328 g/mol. The zero-order chi connectivity index (χ0) is 17.3. The molecule has 2 aliphatic heterocycles. The van der Waals surface area contributed by atoms with Gasteiger partial charge in [-0.2, -0.15) is 4.31 Å². The number of benzene rings is 1. The summed E-state index contributed by atoms with van der Waals surface area (Å²) < 4.78 is 27.7. The van der Waals surface area contributed by atoms with E-state index in [2.05, 4.69) is 4.98 Å². The Balaban J connectivity index is 1.91. The quantitative estimate of drug-likeness (QED) is 0.919. The highest BCUT2D eigenvalue weighted by molar-refractivity contribution is 7.89. The van der Waals surface area contributed by atoms with Crippen molar-refractivity contribution in [3.63, 3.8) is 0 Å². The second kappa shape index (κ2) is 4.77. The van der Waals surface area contributed by atoms with Crippen molar-refractivity contribution in [1.82, 2.24) is 9.29 Å². The first kappa shape index (κ1) is 15.5. The molecule has 126 valence electrons. The maximum atomic E-state index is 13.3. The van der Waals surface area contributed by atoms with Crippen LogP contribution < -0.4 is 0 Å². The van der Waals surface area contributed by atoms with Crippen LogP contribution >= 0.6 is 0 Å². The molecule has 0 radical (unpaired) electrons. The number of nitrogens with zero attached hydrogens (tertiary/aromatic N) is 2. The highest BCUT2D eigenvalue weighted by atomic mass is 32.2. The van der Waals surface area contributed by atoms with Crippen molar-refractivity contribution in [2.75, 3.05) is 6.54 Å². The van der Waals surface area contributed by atoms with Crippen molar-refractivity contribution < 1.29 is 18.3 Å². The lowest BCUT2D eigenvalue weighted by Crippen LogP contribution is -2.59. The smallest absolute Gasteiger partial charge is 0.325 e. The largest absolute Gasteiger partial charge is 0.480 e. The van der Waals surface area contributed by atoms with Crippen molar-refractivity contribution in [2.45, 2.75) is 30.7 Å². The molecule has 2 aromatic rings. The Kier molecular flexibility index (Phi) is 3.08. The second-order valence-corrected chi connectivity index (χ2v) is 8.63. The number of aromatic nitrogens is 1. The molecule has 3 aliphatic rings. The van der Waals surface area contributed by atoms with Crippen LogP contribution in [-0.4, -0.2) is 40.9 Å². The van der Waals surface area contributed by atoms with Crippen LogP contribution in [0.15, 0.2) is 35.2 Å². The van der Waals surface area contributed by atoms with Gasteiger partial charge in [-0.25, -0.2) is 8.42 Å². The summed E-state index contributed by atoms with van der Waals surface area (Å²) in [4.78, 5) is 16.3. The lowest BCUT2D eigenvalue weighted by Gasteiger charge is -2.43. The molecule has 7 heteroatoms. The molecule has 3 fully saturated rings. The van der Waals surface area contributed by atoms with Crippen LogP contribution in [0.25, 0.3) is 10.9 Å². The number of aryl methyl sites for hydroxylation is 1. The molecule has 6 nitrogen and oxygen atoms in total. The predicted molar refractivity (Wildman–Crippen MR) is 88.0 cm³/mol. The highest BCUT2D eigenvalue weighted by Gasteiger charge is 2.70. The minimum absolute atomic E-state index is 0.0871. The number of para-hydroxylation sites is 1. The number of carbonyl (C=O) groups is 1. The van der Waals surface area contributed by atoms with Gasteiger partial charge in [0, 0.05) is 17.6 Å². The van der Waals surface area contributed by atoms with Crippen LogP contribution in [0, 0.1) is 18.8 Å². The number of hydrogen-bond acceptors (Lipinski definition) is 4. The molecule has 0 amide bonds. The molecule has 2 bridgehead atoms. The van der Waals surface area contributed by atoms with E-state index < -0.39 is 21.5 Å². The molecule has 1 N–H and O–H groups in total. The molecule has 3 heterocycles. The monoisotopic (exact) mass is 346 g/mol. The molecular formula is C17H18N2O4S. The van der Waals surface area contributed by atoms with Crippen molar-refractivity contribution in [2.24, 2.45) is 11.8 Å². The molecule has 2 saturated heterocycles.